The van der Waals surface area contributed by atoms with E-state index in [0.717, 1.165) is 11.4 Å². The zero-order valence-corrected chi connectivity index (χ0v) is 12.0. The van der Waals surface area contributed by atoms with Gasteiger partial charge in [0, 0.05) is 13.8 Å². The van der Waals surface area contributed by atoms with Crippen molar-refractivity contribution in [3.05, 3.63) is 20.7 Å². The van der Waals surface area contributed by atoms with E-state index in [9.17, 15) is 4.79 Å². The highest BCUT2D eigenvalue weighted by Gasteiger charge is 2.04. The average Bonchev–Trinajstić information content (AvgIpc) is 2.80. The van der Waals surface area contributed by atoms with Crippen molar-refractivity contribution in [1.82, 2.24) is 8.98 Å². The highest BCUT2D eigenvalue weighted by Crippen LogP contribution is 1.86. The second-order valence-electron chi connectivity index (χ2n) is 3.68. The van der Waals surface area contributed by atoms with Crippen molar-refractivity contribution < 1.29 is 14.2 Å². The van der Waals surface area contributed by atoms with E-state index in [1.54, 1.807) is 23.5 Å². The predicted octanol–water partition coefficient (Wildman–Crippen LogP) is -1.39. The van der Waals surface area contributed by atoms with Gasteiger partial charge in [-0.05, 0) is 0 Å². The molecule has 18 heavy (non-hydrogen) atoms. The fourth-order valence-electron chi connectivity index (χ4n) is 1.13. The first-order valence-electron chi connectivity index (χ1n) is 5.11. The van der Waals surface area contributed by atoms with Gasteiger partial charge in [0.05, 0.1) is 0 Å². The van der Waals surface area contributed by atoms with Crippen LogP contribution in [0, 0.1) is 13.8 Å². The van der Waals surface area contributed by atoms with E-state index in [1.807, 2.05) is 13.8 Å². The maximum Gasteiger partial charge on any atom is 0.370 e. The van der Waals surface area contributed by atoms with E-state index in [4.69, 9.17) is 0 Å². The Kier molecular flexibility index (Phi) is 3.53. The molecule has 0 aliphatic carbocycles. The quantitative estimate of drug-likeness (QED) is 0.559. The summed E-state index contributed by atoms with van der Waals surface area (Å²) in [5, 5.41) is 0. The Morgan fingerprint density at radius 2 is 1.39 bits per heavy atom. The van der Waals surface area contributed by atoms with Crippen molar-refractivity contribution in [3.63, 3.8) is 0 Å². The Hall–Kier alpha value is -1.61. The molecule has 0 unspecified atom stereocenters. The maximum atomic E-state index is 11.7. The monoisotopic (exact) mass is 284 g/mol. The minimum Gasteiger partial charge on any atom is -0.361 e. The molecular weight excluding hydrogens is 272 g/mol. The molecule has 0 fully saturated rings. The van der Waals surface area contributed by atoms with Crippen LogP contribution in [-0.4, -0.2) is 6.03 Å². The van der Waals surface area contributed by atoms with Gasteiger partial charge in [-0.15, -0.1) is 0 Å². The number of aryl methyl sites for hydroxylation is 2. The number of carbonyl (C=O) groups is 1. The van der Waals surface area contributed by atoms with Gasteiger partial charge in [-0.25, -0.2) is 4.79 Å². The SMILES string of the molecule is Cc1/c(=N/C(=O)/N=c2\s[n-][n+](C)c2C)s[n-][n+]1C. The molecule has 0 bridgehead atoms. The fourth-order valence-corrected chi connectivity index (χ4v) is 2.54. The van der Waals surface area contributed by atoms with Crippen molar-refractivity contribution in [2.75, 3.05) is 0 Å². The van der Waals surface area contributed by atoms with Gasteiger partial charge in [0.15, 0.2) is 9.34 Å². The van der Waals surface area contributed by atoms with Crippen LogP contribution in [0.4, 0.5) is 4.79 Å². The number of hydrogen-bond acceptors (Lipinski definition) is 3. The van der Waals surface area contributed by atoms with Crippen molar-refractivity contribution in [2.45, 2.75) is 13.8 Å². The van der Waals surface area contributed by atoms with E-state index < -0.39 is 6.03 Å². The number of carbonyl (C=O) groups excluding carboxylic acids is 1. The molecule has 2 amide bonds. The molecule has 0 atom stereocenters. The molecule has 0 N–H and O–H groups in total. The number of nitrogens with zero attached hydrogens (tertiary/aromatic N) is 6. The molecule has 0 saturated carbocycles. The molecule has 0 aliphatic rings. The Labute approximate surface area is 111 Å². The molecule has 96 valence electrons. The zero-order chi connectivity index (χ0) is 13.3. The predicted molar refractivity (Wildman–Crippen MR) is 63.6 cm³/mol. The van der Waals surface area contributed by atoms with Crippen LogP contribution in [0.5, 0.6) is 0 Å². The summed E-state index contributed by atoms with van der Waals surface area (Å²) in [6, 6.07) is -0.533. The third kappa shape index (κ3) is 2.46. The molecule has 7 nitrogen and oxygen atoms in total. The minimum absolute atomic E-state index is 0.533. The Morgan fingerprint density at radius 3 is 1.67 bits per heavy atom. The molecule has 0 radical (unpaired) electrons. The van der Waals surface area contributed by atoms with E-state index >= 15 is 0 Å². The van der Waals surface area contributed by atoms with Gasteiger partial charge >= 0.3 is 6.03 Å². The fraction of sp³-hybridized carbons (Fsp3) is 0.444. The third-order valence-electron chi connectivity index (χ3n) is 2.48. The van der Waals surface area contributed by atoms with Gasteiger partial charge in [0.2, 0.25) is 11.4 Å². The largest absolute Gasteiger partial charge is 0.370 e. The lowest BCUT2D eigenvalue weighted by Crippen LogP contribution is -2.36. The lowest BCUT2D eigenvalue weighted by molar-refractivity contribution is -0.733. The first kappa shape index (κ1) is 12.8. The number of amides is 2. The molecule has 2 aromatic heterocycles. The lowest BCUT2D eigenvalue weighted by atomic mass is 10.5. The van der Waals surface area contributed by atoms with Gasteiger partial charge in [0.25, 0.3) is 0 Å². The number of aromatic nitrogens is 4. The summed E-state index contributed by atoms with van der Waals surface area (Å²) in [6.45, 7) is 3.71. The van der Waals surface area contributed by atoms with E-state index in [-0.39, 0.29) is 0 Å². The van der Waals surface area contributed by atoms with Gasteiger partial charge in [-0.1, -0.05) is 0 Å². The number of urea groups is 1. The lowest BCUT2D eigenvalue weighted by Gasteiger charge is -1.86. The van der Waals surface area contributed by atoms with E-state index in [0.29, 0.717) is 9.34 Å². The number of hydrogen-bond donors (Lipinski definition) is 0. The third-order valence-corrected chi connectivity index (χ3v) is 4.26. The van der Waals surface area contributed by atoms with Crippen LogP contribution in [0.15, 0.2) is 9.98 Å². The van der Waals surface area contributed by atoms with Gasteiger partial charge < -0.3 is 8.98 Å². The van der Waals surface area contributed by atoms with Crippen LogP contribution in [0.2, 0.25) is 0 Å². The maximum absolute atomic E-state index is 11.7. The number of rotatable bonds is 0. The molecule has 9 heteroatoms. The molecule has 2 heterocycles. The smallest absolute Gasteiger partial charge is 0.361 e. The molecule has 0 spiro atoms. The molecule has 0 aliphatic heterocycles. The summed E-state index contributed by atoms with van der Waals surface area (Å²) in [6.07, 6.45) is 0. The van der Waals surface area contributed by atoms with Gasteiger partial charge in [0.1, 0.15) is 14.1 Å². The summed E-state index contributed by atoms with van der Waals surface area (Å²) < 4.78 is 12.6. The van der Waals surface area contributed by atoms with Crippen LogP contribution < -0.4 is 27.7 Å². The van der Waals surface area contributed by atoms with Crippen molar-refractivity contribution >= 4 is 29.1 Å². The van der Waals surface area contributed by atoms with E-state index in [1.165, 1.54) is 23.1 Å². The summed E-state index contributed by atoms with van der Waals surface area (Å²) in [4.78, 5) is 19.6. The Balaban J connectivity index is 2.41. The average molecular weight is 284 g/mol. The second-order valence-corrected chi connectivity index (χ2v) is 5.15. The van der Waals surface area contributed by atoms with Crippen molar-refractivity contribution in [1.29, 1.82) is 0 Å². The standard InChI is InChI=1S/C9H12N6OS2/c1-5-7(17-12-14(5)3)10-9(16)11-8-6(2)15(4)13-18-8/h1-4H3/b10-7-,11-8-. The summed E-state index contributed by atoms with van der Waals surface area (Å²) in [5.41, 5.74) is 1.69. The Bertz CT molecular complexity index is 656. The normalized spacial score (nSPS) is 13.3. The van der Waals surface area contributed by atoms with Crippen LogP contribution in [0.1, 0.15) is 11.4 Å². The molecule has 2 aromatic rings. The molecular formula is C9H12N6OS2. The second kappa shape index (κ2) is 4.94. The Morgan fingerprint density at radius 1 is 1.00 bits per heavy atom. The zero-order valence-electron chi connectivity index (χ0n) is 10.4. The highest BCUT2D eigenvalue weighted by molar-refractivity contribution is 7.02. The summed E-state index contributed by atoms with van der Waals surface area (Å²) >= 11 is 2.34. The highest BCUT2D eigenvalue weighted by atomic mass is 32.1. The van der Waals surface area contributed by atoms with Gasteiger partial charge in [-0.3, -0.25) is 9.36 Å². The molecule has 0 saturated heterocycles. The van der Waals surface area contributed by atoms with E-state index in [2.05, 4.69) is 19.0 Å². The van der Waals surface area contributed by atoms with Crippen molar-refractivity contribution in [3.8, 4) is 0 Å². The summed E-state index contributed by atoms with van der Waals surface area (Å²) in [7, 11) is 3.61. The van der Waals surface area contributed by atoms with Gasteiger partial charge in [-0.2, -0.15) is 33.0 Å². The summed E-state index contributed by atoms with van der Waals surface area (Å²) in [5.74, 6) is 0. The van der Waals surface area contributed by atoms with Crippen molar-refractivity contribution in [2.24, 2.45) is 24.1 Å². The first-order chi connectivity index (χ1) is 8.49. The molecule has 0 aromatic carbocycles. The van der Waals surface area contributed by atoms with Crippen LogP contribution in [0.25, 0.3) is 0 Å². The topological polar surface area (TPSA) is 77.8 Å². The molecule has 2 rings (SSSR count). The first-order valence-corrected chi connectivity index (χ1v) is 6.66. The van der Waals surface area contributed by atoms with Crippen LogP contribution in [0.3, 0.4) is 0 Å². The minimum atomic E-state index is -0.533. The van der Waals surface area contributed by atoms with Crippen LogP contribution >= 0.6 is 23.1 Å². The van der Waals surface area contributed by atoms with Crippen LogP contribution in [-0.2, 0) is 14.1 Å².